The number of hydrogen-bond donors (Lipinski definition) is 2. The van der Waals surface area contributed by atoms with Crippen LogP contribution in [0, 0.1) is 0 Å². The Bertz CT molecular complexity index is 614. The molecule has 1 saturated carbocycles. The zero-order valence-corrected chi connectivity index (χ0v) is 13.5. The molecule has 3 rings (SSSR count). The van der Waals surface area contributed by atoms with Gasteiger partial charge in [0.1, 0.15) is 0 Å². The summed E-state index contributed by atoms with van der Waals surface area (Å²) in [5, 5.41) is 14.3. The second-order valence-corrected chi connectivity index (χ2v) is 7.25. The quantitative estimate of drug-likeness (QED) is 0.891. The van der Waals surface area contributed by atoms with E-state index in [9.17, 15) is 9.90 Å². The van der Waals surface area contributed by atoms with E-state index >= 15 is 0 Å². The number of para-hydroxylation sites is 1. The minimum absolute atomic E-state index is 0.0505. The van der Waals surface area contributed by atoms with Crippen LogP contribution >= 0.6 is 11.3 Å². The number of nitrogens with zero attached hydrogens (tertiary/aromatic N) is 1. The van der Waals surface area contributed by atoms with Crippen LogP contribution in [0.4, 0.5) is 0 Å². The van der Waals surface area contributed by atoms with E-state index in [1.54, 1.807) is 11.3 Å². The monoisotopic (exact) mass is 318 g/mol. The molecule has 2 aromatic rings. The zero-order chi connectivity index (χ0) is 15.4. The van der Waals surface area contributed by atoms with Crippen molar-refractivity contribution in [1.29, 1.82) is 0 Å². The second kappa shape index (κ2) is 6.75. The molecule has 2 N–H and O–H groups in total. The van der Waals surface area contributed by atoms with Crippen LogP contribution in [0.25, 0.3) is 10.2 Å². The molecule has 1 fully saturated rings. The van der Waals surface area contributed by atoms with Crippen LogP contribution in [0.5, 0.6) is 0 Å². The van der Waals surface area contributed by atoms with E-state index in [0.29, 0.717) is 6.54 Å². The molecule has 1 amide bonds. The van der Waals surface area contributed by atoms with Crippen LogP contribution in [0.15, 0.2) is 24.3 Å². The number of carbonyl (C=O) groups excluding carboxylic acids is 1. The molecule has 1 aliphatic carbocycles. The van der Waals surface area contributed by atoms with Gasteiger partial charge in [0.15, 0.2) is 0 Å². The van der Waals surface area contributed by atoms with Crippen LogP contribution in [0.2, 0.25) is 0 Å². The van der Waals surface area contributed by atoms with Gasteiger partial charge in [0, 0.05) is 13.0 Å². The Balaban J connectivity index is 1.47. The van der Waals surface area contributed by atoms with Crippen LogP contribution < -0.4 is 5.32 Å². The third kappa shape index (κ3) is 3.84. The van der Waals surface area contributed by atoms with Gasteiger partial charge in [-0.1, -0.05) is 31.4 Å². The van der Waals surface area contributed by atoms with Gasteiger partial charge in [-0.25, -0.2) is 4.98 Å². The molecule has 1 aromatic carbocycles. The Morgan fingerprint density at radius 2 is 2.05 bits per heavy atom. The first-order valence-corrected chi connectivity index (χ1v) is 8.80. The molecular formula is C17H22N2O2S. The number of hydrogen-bond acceptors (Lipinski definition) is 4. The molecule has 0 atom stereocenters. The first-order valence-electron chi connectivity index (χ1n) is 7.98. The molecule has 0 unspecified atom stereocenters. The van der Waals surface area contributed by atoms with Crippen molar-refractivity contribution < 1.29 is 9.90 Å². The van der Waals surface area contributed by atoms with Crippen molar-refractivity contribution in [3.8, 4) is 0 Å². The summed E-state index contributed by atoms with van der Waals surface area (Å²) in [4.78, 5) is 16.5. The van der Waals surface area contributed by atoms with E-state index in [2.05, 4.69) is 16.4 Å². The number of benzene rings is 1. The second-order valence-electron chi connectivity index (χ2n) is 6.14. The van der Waals surface area contributed by atoms with Gasteiger partial charge >= 0.3 is 0 Å². The minimum Gasteiger partial charge on any atom is -0.389 e. The summed E-state index contributed by atoms with van der Waals surface area (Å²) in [5.41, 5.74) is 0.239. The molecular weight excluding hydrogens is 296 g/mol. The lowest BCUT2D eigenvalue weighted by atomic mass is 9.82. The van der Waals surface area contributed by atoms with Crippen LogP contribution in [0.1, 0.15) is 43.5 Å². The molecule has 0 spiro atoms. The van der Waals surface area contributed by atoms with Gasteiger partial charge in [0.2, 0.25) is 5.91 Å². The van der Waals surface area contributed by atoms with E-state index in [1.807, 2.05) is 18.2 Å². The summed E-state index contributed by atoms with van der Waals surface area (Å²) in [6.45, 7) is 0.578. The molecule has 0 aliphatic heterocycles. The largest absolute Gasteiger partial charge is 0.389 e. The predicted octanol–water partition coefficient (Wildman–Crippen LogP) is 3.04. The molecule has 0 saturated heterocycles. The molecule has 0 radical (unpaired) electrons. The van der Waals surface area contributed by atoms with E-state index in [0.717, 1.165) is 42.6 Å². The van der Waals surface area contributed by atoms with Crippen molar-refractivity contribution in [2.45, 2.75) is 50.5 Å². The van der Waals surface area contributed by atoms with E-state index in [4.69, 9.17) is 0 Å². The lowest BCUT2D eigenvalue weighted by Crippen LogP contribution is -2.38. The summed E-state index contributed by atoms with van der Waals surface area (Å²) in [7, 11) is 0. The summed E-state index contributed by atoms with van der Waals surface area (Å²) in [5.74, 6) is -0.0505. The molecule has 5 heteroatoms. The fourth-order valence-electron chi connectivity index (χ4n) is 3.08. The van der Waals surface area contributed by atoms with Crippen LogP contribution in [-0.4, -0.2) is 28.1 Å². The maximum absolute atomic E-state index is 12.0. The fraction of sp³-hybridized carbons (Fsp3) is 0.529. The number of amides is 1. The number of aromatic nitrogens is 1. The van der Waals surface area contributed by atoms with Gasteiger partial charge in [-0.15, -0.1) is 11.3 Å². The smallest absolute Gasteiger partial charge is 0.222 e. The highest BCUT2D eigenvalue weighted by molar-refractivity contribution is 7.18. The summed E-state index contributed by atoms with van der Waals surface area (Å²) < 4.78 is 1.18. The number of carbonyl (C=O) groups is 1. The summed E-state index contributed by atoms with van der Waals surface area (Å²) in [6.07, 6.45) is 5.68. The lowest BCUT2D eigenvalue weighted by molar-refractivity contribution is -0.127. The Kier molecular flexibility index (Phi) is 4.74. The average molecular weight is 318 g/mol. The van der Waals surface area contributed by atoms with Gasteiger partial charge in [0.05, 0.1) is 27.2 Å². The zero-order valence-electron chi connectivity index (χ0n) is 12.7. The fourth-order valence-corrected chi connectivity index (χ4v) is 4.05. The van der Waals surface area contributed by atoms with E-state index < -0.39 is 5.60 Å². The topological polar surface area (TPSA) is 62.2 Å². The van der Waals surface area contributed by atoms with Gasteiger partial charge in [-0.3, -0.25) is 4.79 Å². The molecule has 118 valence electrons. The van der Waals surface area contributed by atoms with Crippen LogP contribution in [-0.2, 0) is 11.2 Å². The highest BCUT2D eigenvalue weighted by Crippen LogP contribution is 2.30. The number of fused-ring (bicyclic) bond motifs is 1. The Morgan fingerprint density at radius 3 is 2.82 bits per heavy atom. The molecule has 1 aliphatic rings. The van der Waals surface area contributed by atoms with Gasteiger partial charge in [-0.2, -0.15) is 0 Å². The van der Waals surface area contributed by atoms with Crippen molar-refractivity contribution >= 4 is 27.5 Å². The van der Waals surface area contributed by atoms with Crippen molar-refractivity contribution in [2.75, 3.05) is 6.54 Å². The molecule has 4 nitrogen and oxygen atoms in total. The summed E-state index contributed by atoms with van der Waals surface area (Å²) in [6, 6.07) is 8.07. The predicted molar refractivity (Wildman–Crippen MR) is 89.0 cm³/mol. The maximum atomic E-state index is 12.0. The Hall–Kier alpha value is -1.46. The Morgan fingerprint density at radius 1 is 1.27 bits per heavy atom. The van der Waals surface area contributed by atoms with Crippen molar-refractivity contribution in [2.24, 2.45) is 0 Å². The van der Waals surface area contributed by atoms with Gasteiger partial charge in [-0.05, 0) is 25.0 Å². The molecule has 1 heterocycles. The first-order chi connectivity index (χ1) is 10.6. The SMILES string of the molecule is O=C(CC1(O)CCCCC1)NCCc1nc2ccccc2s1. The van der Waals surface area contributed by atoms with Crippen LogP contribution in [0.3, 0.4) is 0 Å². The van der Waals surface area contributed by atoms with E-state index in [-0.39, 0.29) is 12.3 Å². The van der Waals surface area contributed by atoms with Gasteiger partial charge < -0.3 is 10.4 Å². The number of aliphatic hydroxyl groups is 1. The third-order valence-electron chi connectivity index (χ3n) is 4.27. The molecule has 1 aromatic heterocycles. The van der Waals surface area contributed by atoms with Gasteiger partial charge in [0.25, 0.3) is 0 Å². The van der Waals surface area contributed by atoms with Crippen molar-refractivity contribution in [3.05, 3.63) is 29.3 Å². The first kappa shape index (κ1) is 15.4. The summed E-state index contributed by atoms with van der Waals surface area (Å²) >= 11 is 1.67. The Labute approximate surface area is 134 Å². The number of nitrogens with one attached hydrogen (secondary N) is 1. The highest BCUT2D eigenvalue weighted by Gasteiger charge is 2.31. The highest BCUT2D eigenvalue weighted by atomic mass is 32.1. The molecule has 0 bridgehead atoms. The normalized spacial score (nSPS) is 17.5. The lowest BCUT2D eigenvalue weighted by Gasteiger charge is -2.31. The average Bonchev–Trinajstić information content (AvgIpc) is 2.90. The third-order valence-corrected chi connectivity index (χ3v) is 5.37. The standard InChI is InChI=1S/C17H22N2O2S/c20-15(12-17(21)9-4-1-5-10-17)18-11-8-16-19-13-6-2-3-7-14(13)22-16/h2-3,6-7,21H,1,4-5,8-12H2,(H,18,20). The van der Waals surface area contributed by atoms with E-state index in [1.165, 1.54) is 11.1 Å². The maximum Gasteiger partial charge on any atom is 0.222 e. The number of thiazole rings is 1. The molecule has 22 heavy (non-hydrogen) atoms. The van der Waals surface area contributed by atoms with Crippen molar-refractivity contribution in [1.82, 2.24) is 10.3 Å². The number of rotatable bonds is 5. The minimum atomic E-state index is -0.780. The van der Waals surface area contributed by atoms with Crippen molar-refractivity contribution in [3.63, 3.8) is 0 Å².